The molecule has 0 amide bonds. The lowest BCUT2D eigenvalue weighted by Crippen LogP contribution is -2.47. The molecule has 1 aliphatic rings. The average Bonchev–Trinajstić information content (AvgIpc) is 2.77. The zero-order valence-corrected chi connectivity index (χ0v) is 16.0. The number of piperazine rings is 1. The maximum atomic E-state index is 13.1. The van der Waals surface area contributed by atoms with E-state index in [0.29, 0.717) is 18.4 Å². The maximum absolute atomic E-state index is 13.1. The van der Waals surface area contributed by atoms with Crippen molar-refractivity contribution in [3.63, 3.8) is 0 Å². The van der Waals surface area contributed by atoms with Gasteiger partial charge in [0.05, 0.1) is 13.7 Å². The number of benzene rings is 1. The molecule has 0 aliphatic carbocycles. The topological polar surface area (TPSA) is 76.4 Å². The van der Waals surface area contributed by atoms with Gasteiger partial charge in [-0.25, -0.2) is 14.1 Å². The van der Waals surface area contributed by atoms with Crippen LogP contribution in [0.1, 0.15) is 5.56 Å². The Morgan fingerprint density at radius 3 is 2.45 bits per heavy atom. The van der Waals surface area contributed by atoms with E-state index in [2.05, 4.69) is 24.9 Å². The first-order chi connectivity index (χ1) is 14.1. The van der Waals surface area contributed by atoms with E-state index in [1.165, 1.54) is 22.9 Å². The molecule has 150 valence electrons. The Morgan fingerprint density at radius 1 is 1.00 bits per heavy atom. The van der Waals surface area contributed by atoms with E-state index in [-0.39, 0.29) is 11.4 Å². The quantitative estimate of drug-likeness (QED) is 0.648. The Labute approximate surface area is 167 Å². The molecule has 0 bridgehead atoms. The van der Waals surface area contributed by atoms with Crippen molar-refractivity contribution in [2.45, 2.75) is 6.54 Å². The van der Waals surface area contributed by atoms with Gasteiger partial charge in [0.25, 0.3) is 5.56 Å². The van der Waals surface area contributed by atoms with Crippen LogP contribution in [0, 0.1) is 5.82 Å². The minimum Gasteiger partial charge on any atom is -0.481 e. The molecule has 1 aromatic carbocycles. The summed E-state index contributed by atoms with van der Waals surface area (Å²) >= 11 is 0. The molecular formula is C20H21FN6O2. The molecule has 0 N–H and O–H groups in total. The van der Waals surface area contributed by atoms with Crippen LogP contribution in [0.4, 0.5) is 16.2 Å². The second kappa shape index (κ2) is 8.26. The Bertz CT molecular complexity index is 1030. The highest BCUT2D eigenvalue weighted by Crippen LogP contribution is 2.17. The zero-order chi connectivity index (χ0) is 20.2. The molecule has 0 radical (unpaired) electrons. The van der Waals surface area contributed by atoms with Gasteiger partial charge in [-0.2, -0.15) is 10.1 Å². The molecule has 4 rings (SSSR count). The van der Waals surface area contributed by atoms with Gasteiger partial charge in [0, 0.05) is 44.5 Å². The van der Waals surface area contributed by atoms with Gasteiger partial charge in [-0.1, -0.05) is 12.1 Å². The fourth-order valence-electron chi connectivity index (χ4n) is 3.22. The van der Waals surface area contributed by atoms with Gasteiger partial charge >= 0.3 is 0 Å². The van der Waals surface area contributed by atoms with Crippen molar-refractivity contribution in [1.82, 2.24) is 19.7 Å². The van der Waals surface area contributed by atoms with Crippen LogP contribution in [0.2, 0.25) is 0 Å². The third-order valence-electron chi connectivity index (χ3n) is 4.81. The number of halogens is 1. The normalized spacial score (nSPS) is 14.1. The molecule has 0 spiro atoms. The minimum atomic E-state index is -0.305. The smallest absolute Gasteiger partial charge is 0.267 e. The lowest BCUT2D eigenvalue weighted by molar-refractivity contribution is 0.396. The molecule has 0 atom stereocenters. The van der Waals surface area contributed by atoms with Crippen LogP contribution in [-0.4, -0.2) is 53.0 Å². The number of hydrogen-bond acceptors (Lipinski definition) is 7. The number of methoxy groups -OCH3 is 1. The minimum absolute atomic E-state index is 0.193. The monoisotopic (exact) mass is 396 g/mol. The molecule has 0 unspecified atom stereocenters. The average molecular weight is 396 g/mol. The molecular weight excluding hydrogens is 375 g/mol. The summed E-state index contributed by atoms with van der Waals surface area (Å²) in [6, 6.07) is 11.0. The van der Waals surface area contributed by atoms with E-state index in [0.717, 1.165) is 37.6 Å². The predicted molar refractivity (Wildman–Crippen MR) is 107 cm³/mol. The van der Waals surface area contributed by atoms with E-state index < -0.39 is 0 Å². The molecule has 1 fully saturated rings. The van der Waals surface area contributed by atoms with Crippen LogP contribution in [0.3, 0.4) is 0 Å². The van der Waals surface area contributed by atoms with Gasteiger partial charge in [-0.05, 0) is 23.8 Å². The summed E-state index contributed by atoms with van der Waals surface area (Å²) in [6.07, 6.45) is 1.68. The van der Waals surface area contributed by atoms with Crippen LogP contribution >= 0.6 is 0 Å². The largest absolute Gasteiger partial charge is 0.481 e. The molecule has 9 heteroatoms. The molecule has 1 saturated heterocycles. The number of nitrogens with zero attached hydrogens (tertiary/aromatic N) is 6. The highest BCUT2D eigenvalue weighted by atomic mass is 19.1. The zero-order valence-electron chi connectivity index (χ0n) is 16.0. The molecule has 29 heavy (non-hydrogen) atoms. The summed E-state index contributed by atoms with van der Waals surface area (Å²) in [4.78, 5) is 25.1. The SMILES string of the molecule is COc1ccnc(N2CCN(c3ccc(=O)n(Cc4ccc(F)cc4)n3)CC2)n1. The molecule has 3 aromatic rings. The summed E-state index contributed by atoms with van der Waals surface area (Å²) in [5.41, 5.74) is 0.625. The first kappa shape index (κ1) is 18.9. The van der Waals surface area contributed by atoms with Crippen LogP contribution < -0.4 is 20.1 Å². The third kappa shape index (κ3) is 4.34. The van der Waals surface area contributed by atoms with Gasteiger partial charge in [-0.15, -0.1) is 0 Å². The summed E-state index contributed by atoms with van der Waals surface area (Å²) in [5, 5.41) is 4.51. The van der Waals surface area contributed by atoms with E-state index in [1.54, 1.807) is 37.6 Å². The van der Waals surface area contributed by atoms with Gasteiger partial charge in [0.1, 0.15) is 11.6 Å². The lowest BCUT2D eigenvalue weighted by atomic mass is 10.2. The van der Waals surface area contributed by atoms with Gasteiger partial charge in [0.15, 0.2) is 0 Å². The van der Waals surface area contributed by atoms with Crippen molar-refractivity contribution in [3.8, 4) is 5.88 Å². The Hall–Kier alpha value is -3.49. The number of ether oxygens (including phenoxy) is 1. The van der Waals surface area contributed by atoms with E-state index >= 15 is 0 Å². The van der Waals surface area contributed by atoms with Gasteiger partial charge in [0.2, 0.25) is 11.8 Å². The fraction of sp³-hybridized carbons (Fsp3) is 0.300. The molecule has 0 saturated carbocycles. The van der Waals surface area contributed by atoms with Crippen molar-refractivity contribution in [1.29, 1.82) is 0 Å². The van der Waals surface area contributed by atoms with Gasteiger partial charge in [-0.3, -0.25) is 4.79 Å². The second-order valence-corrected chi connectivity index (χ2v) is 6.69. The van der Waals surface area contributed by atoms with Crippen molar-refractivity contribution >= 4 is 11.8 Å². The highest BCUT2D eigenvalue weighted by molar-refractivity contribution is 5.41. The van der Waals surface area contributed by atoms with Crippen LogP contribution in [0.15, 0.2) is 53.5 Å². The summed E-state index contributed by atoms with van der Waals surface area (Å²) < 4.78 is 19.7. The molecule has 8 nitrogen and oxygen atoms in total. The van der Waals surface area contributed by atoms with Gasteiger partial charge < -0.3 is 14.5 Å². The van der Waals surface area contributed by atoms with Crippen molar-refractivity contribution in [3.05, 3.63) is 70.4 Å². The van der Waals surface area contributed by atoms with Crippen molar-refractivity contribution in [2.24, 2.45) is 0 Å². The second-order valence-electron chi connectivity index (χ2n) is 6.69. The number of anilines is 2. The Kier molecular flexibility index (Phi) is 5.37. The predicted octanol–water partition coefficient (Wildman–Crippen LogP) is 1.56. The van der Waals surface area contributed by atoms with Crippen molar-refractivity contribution < 1.29 is 9.13 Å². The summed E-state index contributed by atoms with van der Waals surface area (Å²) in [6.45, 7) is 3.20. The van der Waals surface area contributed by atoms with Crippen LogP contribution in [-0.2, 0) is 6.54 Å². The molecule has 2 aromatic heterocycles. The third-order valence-corrected chi connectivity index (χ3v) is 4.81. The van der Waals surface area contributed by atoms with E-state index in [9.17, 15) is 9.18 Å². The highest BCUT2D eigenvalue weighted by Gasteiger charge is 2.21. The fourth-order valence-corrected chi connectivity index (χ4v) is 3.22. The van der Waals surface area contributed by atoms with Crippen molar-refractivity contribution in [2.75, 3.05) is 43.1 Å². The number of hydrogen-bond donors (Lipinski definition) is 0. The van der Waals surface area contributed by atoms with Crippen LogP contribution in [0.5, 0.6) is 5.88 Å². The Balaban J connectivity index is 1.45. The standard InChI is InChI=1S/C20H21FN6O2/c1-29-18-8-9-22-20(23-18)26-12-10-25(11-13-26)17-6-7-19(28)27(24-17)14-15-2-4-16(21)5-3-15/h2-9H,10-14H2,1H3. The van der Waals surface area contributed by atoms with E-state index in [4.69, 9.17) is 4.74 Å². The Morgan fingerprint density at radius 2 is 1.72 bits per heavy atom. The maximum Gasteiger partial charge on any atom is 0.267 e. The first-order valence-corrected chi connectivity index (χ1v) is 9.32. The summed E-state index contributed by atoms with van der Waals surface area (Å²) in [5.74, 6) is 1.60. The first-order valence-electron chi connectivity index (χ1n) is 9.32. The summed E-state index contributed by atoms with van der Waals surface area (Å²) in [7, 11) is 1.58. The number of aromatic nitrogens is 4. The molecule has 1 aliphatic heterocycles. The lowest BCUT2D eigenvalue weighted by Gasteiger charge is -2.35. The van der Waals surface area contributed by atoms with E-state index in [1.807, 2.05) is 0 Å². The number of rotatable bonds is 5. The molecule has 3 heterocycles. The van der Waals surface area contributed by atoms with Crippen LogP contribution in [0.25, 0.3) is 0 Å².